The molecule has 1 aromatic carbocycles. The SMILES string of the molecule is CCCCN(C)Cc1cn[nH]c1-c1cc(Oc2ccccn2)cc(C(F)(F)F)c1. The number of nitrogens with one attached hydrogen (secondary N) is 1. The topological polar surface area (TPSA) is 54.0 Å². The van der Waals surface area contributed by atoms with Gasteiger partial charge in [-0.05, 0) is 44.3 Å². The first-order valence-corrected chi connectivity index (χ1v) is 9.39. The molecule has 0 amide bonds. The van der Waals surface area contributed by atoms with Gasteiger partial charge in [0, 0.05) is 29.9 Å². The summed E-state index contributed by atoms with van der Waals surface area (Å²) in [6, 6.07) is 8.64. The van der Waals surface area contributed by atoms with E-state index >= 15 is 0 Å². The van der Waals surface area contributed by atoms with E-state index < -0.39 is 11.7 Å². The fourth-order valence-corrected chi connectivity index (χ4v) is 2.97. The Labute approximate surface area is 167 Å². The summed E-state index contributed by atoms with van der Waals surface area (Å²) in [5, 5.41) is 6.89. The van der Waals surface area contributed by atoms with Gasteiger partial charge >= 0.3 is 6.18 Å². The van der Waals surface area contributed by atoms with Gasteiger partial charge in [0.2, 0.25) is 5.88 Å². The average molecular weight is 404 g/mol. The number of hydrogen-bond donors (Lipinski definition) is 1. The molecule has 2 heterocycles. The van der Waals surface area contributed by atoms with Crippen molar-refractivity contribution in [3.8, 4) is 22.9 Å². The number of pyridine rings is 1. The van der Waals surface area contributed by atoms with Gasteiger partial charge in [-0.2, -0.15) is 18.3 Å². The first kappa shape index (κ1) is 20.9. The van der Waals surface area contributed by atoms with Crippen LogP contribution in [0.15, 0.2) is 48.8 Å². The van der Waals surface area contributed by atoms with Crippen molar-refractivity contribution in [1.82, 2.24) is 20.1 Å². The second kappa shape index (κ2) is 9.09. The van der Waals surface area contributed by atoms with Crippen molar-refractivity contribution in [3.05, 3.63) is 59.9 Å². The standard InChI is InChI=1S/C21H23F3N4O/c1-3-4-9-28(2)14-16-13-26-27-20(16)15-10-17(21(22,23)24)12-18(11-15)29-19-7-5-6-8-25-19/h5-8,10-13H,3-4,9,14H2,1-2H3,(H,26,27). The number of benzene rings is 1. The molecule has 0 bridgehead atoms. The van der Waals surface area contributed by atoms with Crippen molar-refractivity contribution in [2.75, 3.05) is 13.6 Å². The first-order valence-electron chi connectivity index (χ1n) is 9.39. The summed E-state index contributed by atoms with van der Waals surface area (Å²) in [6.45, 7) is 3.60. The third-order valence-corrected chi connectivity index (χ3v) is 4.43. The van der Waals surface area contributed by atoms with Crippen LogP contribution in [0, 0.1) is 0 Å². The van der Waals surface area contributed by atoms with Crippen molar-refractivity contribution in [2.45, 2.75) is 32.5 Å². The maximum atomic E-state index is 13.5. The van der Waals surface area contributed by atoms with Crippen molar-refractivity contribution in [3.63, 3.8) is 0 Å². The average Bonchev–Trinajstić information content (AvgIpc) is 3.14. The lowest BCUT2D eigenvalue weighted by molar-refractivity contribution is -0.137. The molecular formula is C21H23F3N4O. The van der Waals surface area contributed by atoms with Gasteiger partial charge in [0.1, 0.15) is 5.75 Å². The molecule has 1 N–H and O–H groups in total. The van der Waals surface area contributed by atoms with Crippen LogP contribution in [-0.2, 0) is 12.7 Å². The van der Waals surface area contributed by atoms with E-state index in [0.717, 1.165) is 37.1 Å². The molecule has 0 saturated heterocycles. The van der Waals surface area contributed by atoms with Crippen molar-refractivity contribution < 1.29 is 17.9 Å². The Balaban J connectivity index is 1.95. The smallest absolute Gasteiger partial charge is 0.416 e. The summed E-state index contributed by atoms with van der Waals surface area (Å²) < 4.78 is 46.0. The molecule has 5 nitrogen and oxygen atoms in total. The number of unbranched alkanes of at least 4 members (excludes halogenated alkanes) is 1. The predicted molar refractivity (Wildman–Crippen MR) is 105 cm³/mol. The van der Waals surface area contributed by atoms with Gasteiger partial charge in [-0.25, -0.2) is 4.98 Å². The van der Waals surface area contributed by atoms with E-state index in [1.807, 2.05) is 7.05 Å². The Hall–Kier alpha value is -2.87. The number of H-pyrrole nitrogens is 1. The Morgan fingerprint density at radius 3 is 2.69 bits per heavy atom. The van der Waals surface area contributed by atoms with Crippen molar-refractivity contribution in [2.24, 2.45) is 0 Å². The van der Waals surface area contributed by atoms with Gasteiger partial charge in [-0.15, -0.1) is 0 Å². The van der Waals surface area contributed by atoms with E-state index in [-0.39, 0.29) is 11.6 Å². The van der Waals surface area contributed by atoms with Gasteiger partial charge in [0.15, 0.2) is 0 Å². The molecule has 0 fully saturated rings. The first-order chi connectivity index (χ1) is 13.9. The second-order valence-electron chi connectivity index (χ2n) is 6.88. The van der Waals surface area contributed by atoms with Crippen LogP contribution in [0.3, 0.4) is 0 Å². The maximum absolute atomic E-state index is 13.5. The number of halogens is 3. The molecule has 0 unspecified atom stereocenters. The number of aromatic amines is 1. The molecule has 0 saturated carbocycles. The van der Waals surface area contributed by atoms with Crippen molar-refractivity contribution >= 4 is 0 Å². The van der Waals surface area contributed by atoms with Crippen LogP contribution >= 0.6 is 0 Å². The minimum atomic E-state index is -4.50. The molecule has 3 rings (SSSR count). The molecule has 8 heteroatoms. The van der Waals surface area contributed by atoms with Crippen LogP contribution in [0.4, 0.5) is 13.2 Å². The fourth-order valence-electron chi connectivity index (χ4n) is 2.97. The van der Waals surface area contributed by atoms with E-state index in [1.54, 1.807) is 30.5 Å². The van der Waals surface area contributed by atoms with Gasteiger partial charge in [0.25, 0.3) is 0 Å². The van der Waals surface area contributed by atoms with Crippen LogP contribution in [0.1, 0.15) is 30.9 Å². The molecule has 0 atom stereocenters. The minimum absolute atomic E-state index is 0.0633. The molecule has 0 aliphatic rings. The summed E-state index contributed by atoms with van der Waals surface area (Å²) in [5.41, 5.74) is 0.944. The molecule has 29 heavy (non-hydrogen) atoms. The van der Waals surface area contributed by atoms with Crippen molar-refractivity contribution in [1.29, 1.82) is 0 Å². The lowest BCUT2D eigenvalue weighted by atomic mass is 10.0. The summed E-state index contributed by atoms with van der Waals surface area (Å²) >= 11 is 0. The molecule has 154 valence electrons. The highest BCUT2D eigenvalue weighted by Crippen LogP contribution is 2.37. The maximum Gasteiger partial charge on any atom is 0.416 e. The lowest BCUT2D eigenvalue weighted by Gasteiger charge is -2.17. The normalized spacial score (nSPS) is 11.8. The van der Waals surface area contributed by atoms with Crippen LogP contribution in [0.25, 0.3) is 11.3 Å². The lowest BCUT2D eigenvalue weighted by Crippen LogP contribution is -2.19. The monoisotopic (exact) mass is 404 g/mol. The van der Waals surface area contributed by atoms with Gasteiger partial charge in [-0.3, -0.25) is 5.10 Å². The molecule has 0 aliphatic carbocycles. The zero-order valence-corrected chi connectivity index (χ0v) is 16.3. The molecule has 2 aromatic heterocycles. The molecule has 0 radical (unpaired) electrons. The third kappa shape index (κ3) is 5.57. The number of nitrogens with zero attached hydrogens (tertiary/aromatic N) is 3. The third-order valence-electron chi connectivity index (χ3n) is 4.43. The highest BCUT2D eigenvalue weighted by atomic mass is 19.4. The number of aromatic nitrogens is 3. The summed E-state index contributed by atoms with van der Waals surface area (Å²) in [5.74, 6) is 0.287. The van der Waals surface area contributed by atoms with Gasteiger partial charge < -0.3 is 9.64 Å². The zero-order valence-electron chi connectivity index (χ0n) is 16.3. The highest BCUT2D eigenvalue weighted by Gasteiger charge is 2.32. The number of ether oxygens (including phenoxy) is 1. The summed E-state index contributed by atoms with van der Waals surface area (Å²) in [4.78, 5) is 6.14. The number of hydrogen-bond acceptors (Lipinski definition) is 4. The van der Waals surface area contributed by atoms with E-state index in [0.29, 0.717) is 17.8 Å². The Kier molecular flexibility index (Phi) is 6.53. The van der Waals surface area contributed by atoms with E-state index in [2.05, 4.69) is 27.0 Å². The molecule has 3 aromatic rings. The Morgan fingerprint density at radius 1 is 1.17 bits per heavy atom. The predicted octanol–water partition coefficient (Wildman–Crippen LogP) is 5.51. The summed E-state index contributed by atoms with van der Waals surface area (Å²) in [7, 11) is 1.98. The summed E-state index contributed by atoms with van der Waals surface area (Å²) in [6.07, 6.45) is 0.788. The minimum Gasteiger partial charge on any atom is -0.439 e. The fraction of sp³-hybridized carbons (Fsp3) is 0.333. The molecule has 0 aliphatic heterocycles. The van der Waals surface area contributed by atoms with E-state index in [4.69, 9.17) is 4.74 Å². The quantitative estimate of drug-likeness (QED) is 0.538. The number of rotatable bonds is 8. The zero-order chi connectivity index (χ0) is 20.9. The number of alkyl halides is 3. The Bertz CT molecular complexity index is 925. The highest BCUT2D eigenvalue weighted by molar-refractivity contribution is 5.66. The molecule has 0 spiro atoms. The molecular weight excluding hydrogens is 381 g/mol. The van der Waals surface area contributed by atoms with Gasteiger partial charge in [-0.1, -0.05) is 19.4 Å². The van der Waals surface area contributed by atoms with Crippen LogP contribution in [0.2, 0.25) is 0 Å². The van der Waals surface area contributed by atoms with Crippen LogP contribution < -0.4 is 4.74 Å². The largest absolute Gasteiger partial charge is 0.439 e. The van der Waals surface area contributed by atoms with E-state index in [9.17, 15) is 13.2 Å². The van der Waals surface area contributed by atoms with Crippen LogP contribution in [0.5, 0.6) is 11.6 Å². The Morgan fingerprint density at radius 2 is 2.00 bits per heavy atom. The van der Waals surface area contributed by atoms with Crippen LogP contribution in [-0.4, -0.2) is 33.7 Å². The van der Waals surface area contributed by atoms with Gasteiger partial charge in [0.05, 0.1) is 17.5 Å². The van der Waals surface area contributed by atoms with E-state index in [1.165, 1.54) is 6.20 Å². The second-order valence-corrected chi connectivity index (χ2v) is 6.88.